The molecule has 0 saturated carbocycles. The van der Waals surface area contributed by atoms with Gasteiger partial charge < -0.3 is 19.4 Å². The number of ether oxygens (including phenoxy) is 2. The Morgan fingerprint density at radius 2 is 1.83 bits per heavy atom. The molecule has 0 atom stereocenters. The molecule has 1 amide bonds. The lowest BCUT2D eigenvalue weighted by atomic mass is 10.1. The molecule has 30 heavy (non-hydrogen) atoms. The first-order valence-corrected chi connectivity index (χ1v) is 10.5. The van der Waals surface area contributed by atoms with E-state index in [-0.39, 0.29) is 11.5 Å². The molecule has 2 heterocycles. The first-order chi connectivity index (χ1) is 14.5. The Morgan fingerprint density at radius 3 is 2.53 bits per heavy atom. The number of rotatable bonds is 5. The molecule has 0 aliphatic rings. The lowest BCUT2D eigenvalue weighted by Crippen LogP contribution is -2.19. The summed E-state index contributed by atoms with van der Waals surface area (Å²) in [6, 6.07) is 12.5. The minimum absolute atomic E-state index is 0.105. The fourth-order valence-electron chi connectivity index (χ4n) is 3.47. The van der Waals surface area contributed by atoms with Crippen molar-refractivity contribution in [3.8, 4) is 11.5 Å². The van der Waals surface area contributed by atoms with Gasteiger partial charge in [0.1, 0.15) is 11.5 Å². The Morgan fingerprint density at radius 1 is 1.10 bits per heavy atom. The Hall–Kier alpha value is -3.03. The monoisotopic (exact) mass is 442 g/mol. The number of nitrogens with one attached hydrogen (secondary N) is 1. The molecular weight excluding hydrogens is 424 g/mol. The molecule has 0 radical (unpaired) electrons. The summed E-state index contributed by atoms with van der Waals surface area (Å²) in [7, 11) is 3.00. The number of benzene rings is 2. The highest BCUT2D eigenvalue weighted by Crippen LogP contribution is 2.37. The molecule has 0 aliphatic carbocycles. The second kappa shape index (κ2) is 8.01. The molecule has 0 fully saturated rings. The van der Waals surface area contributed by atoms with E-state index in [2.05, 4.69) is 5.32 Å². The van der Waals surface area contributed by atoms with Gasteiger partial charge in [0, 0.05) is 22.7 Å². The third-order valence-corrected chi connectivity index (χ3v) is 6.37. The summed E-state index contributed by atoms with van der Waals surface area (Å²) in [6.45, 7) is 2.48. The van der Waals surface area contributed by atoms with E-state index in [9.17, 15) is 9.59 Å². The molecule has 4 rings (SSSR count). The summed E-state index contributed by atoms with van der Waals surface area (Å²) in [5.41, 5.74) is 1.17. The lowest BCUT2D eigenvalue weighted by molar-refractivity contribution is 0.103. The van der Waals surface area contributed by atoms with Crippen LogP contribution in [0.25, 0.3) is 21.0 Å². The number of aryl methyl sites for hydroxylation is 1. The fourth-order valence-corrected chi connectivity index (χ4v) is 4.79. The van der Waals surface area contributed by atoms with Crippen LogP contribution < -0.4 is 20.3 Å². The maximum Gasteiger partial charge on any atom is 0.265 e. The molecule has 4 aromatic rings. The number of para-hydroxylation sites is 1. The summed E-state index contributed by atoms with van der Waals surface area (Å²) in [5.74, 6) is 0.520. The average molecular weight is 443 g/mol. The van der Waals surface area contributed by atoms with Crippen molar-refractivity contribution < 1.29 is 14.3 Å². The minimum atomic E-state index is -0.345. The van der Waals surface area contributed by atoms with Gasteiger partial charge in [-0.1, -0.05) is 29.8 Å². The van der Waals surface area contributed by atoms with Crippen molar-refractivity contribution in [2.45, 2.75) is 13.5 Å². The Kier molecular flexibility index (Phi) is 5.40. The summed E-state index contributed by atoms with van der Waals surface area (Å²) in [5, 5.41) is 4.65. The highest BCUT2D eigenvalue weighted by atomic mass is 35.5. The SMILES string of the molecule is CCn1c(=O)c2cc(C(=O)Nc3cc(Cl)c(OC)cc3OC)sc2c2ccccc21. The van der Waals surface area contributed by atoms with Crippen LogP contribution in [-0.4, -0.2) is 24.7 Å². The first-order valence-electron chi connectivity index (χ1n) is 9.26. The molecule has 0 saturated heterocycles. The normalized spacial score (nSPS) is 11.1. The lowest BCUT2D eigenvalue weighted by Gasteiger charge is -2.12. The quantitative estimate of drug-likeness (QED) is 0.463. The molecule has 6 nitrogen and oxygen atoms in total. The number of aromatic nitrogens is 1. The molecule has 2 aromatic carbocycles. The molecular formula is C22H19ClN2O4S. The summed E-state index contributed by atoms with van der Waals surface area (Å²) in [6.07, 6.45) is 0. The van der Waals surface area contributed by atoms with Crippen molar-refractivity contribution >= 4 is 55.5 Å². The van der Waals surface area contributed by atoms with Gasteiger partial charge in [0.15, 0.2) is 0 Å². The number of nitrogens with zero attached hydrogens (tertiary/aromatic N) is 1. The molecule has 1 N–H and O–H groups in total. The van der Waals surface area contributed by atoms with Gasteiger partial charge in [-0.25, -0.2) is 0 Å². The van der Waals surface area contributed by atoms with Crippen molar-refractivity contribution in [3.05, 3.63) is 62.7 Å². The fraction of sp³-hybridized carbons (Fsp3) is 0.182. The van der Waals surface area contributed by atoms with Crippen molar-refractivity contribution in [1.82, 2.24) is 4.57 Å². The topological polar surface area (TPSA) is 69.6 Å². The van der Waals surface area contributed by atoms with Crippen LogP contribution in [0.1, 0.15) is 16.6 Å². The average Bonchev–Trinajstić information content (AvgIpc) is 3.21. The van der Waals surface area contributed by atoms with Crippen molar-refractivity contribution in [2.24, 2.45) is 0 Å². The number of thiophene rings is 1. The number of anilines is 1. The van der Waals surface area contributed by atoms with Gasteiger partial charge in [-0.3, -0.25) is 9.59 Å². The van der Waals surface area contributed by atoms with Gasteiger partial charge in [-0.2, -0.15) is 0 Å². The number of pyridine rings is 1. The molecule has 0 bridgehead atoms. The van der Waals surface area contributed by atoms with Gasteiger partial charge in [0.2, 0.25) is 0 Å². The van der Waals surface area contributed by atoms with Crippen molar-refractivity contribution in [3.63, 3.8) is 0 Å². The Bertz CT molecular complexity index is 1340. The molecule has 0 spiro atoms. The van der Waals surface area contributed by atoms with Gasteiger partial charge in [-0.15, -0.1) is 11.3 Å². The Labute approximate surface area is 181 Å². The number of carbonyl (C=O) groups is 1. The van der Waals surface area contributed by atoms with Crippen molar-refractivity contribution in [1.29, 1.82) is 0 Å². The number of fused-ring (bicyclic) bond motifs is 3. The molecule has 2 aromatic heterocycles. The van der Waals surface area contributed by atoms with Gasteiger partial charge in [-0.05, 0) is 25.1 Å². The molecule has 8 heteroatoms. The number of amides is 1. The predicted octanol–water partition coefficient (Wildman–Crippen LogP) is 5.16. The third-order valence-electron chi connectivity index (χ3n) is 4.91. The van der Waals surface area contributed by atoms with Crippen LogP contribution in [0.15, 0.2) is 47.3 Å². The van der Waals surface area contributed by atoms with E-state index >= 15 is 0 Å². The van der Waals surface area contributed by atoms with Crippen LogP contribution in [0.3, 0.4) is 0 Å². The van der Waals surface area contributed by atoms with E-state index in [4.69, 9.17) is 21.1 Å². The molecule has 154 valence electrons. The van der Waals surface area contributed by atoms with Gasteiger partial charge >= 0.3 is 0 Å². The van der Waals surface area contributed by atoms with Gasteiger partial charge in [0.25, 0.3) is 11.5 Å². The molecule has 0 aliphatic heterocycles. The van der Waals surface area contributed by atoms with E-state index in [0.717, 1.165) is 15.6 Å². The van der Waals surface area contributed by atoms with Crippen LogP contribution in [0.5, 0.6) is 11.5 Å². The van der Waals surface area contributed by atoms with E-state index in [1.54, 1.807) is 22.8 Å². The van der Waals surface area contributed by atoms with Crippen LogP contribution in [0.4, 0.5) is 5.69 Å². The number of hydrogen-bond donors (Lipinski definition) is 1. The van der Waals surface area contributed by atoms with E-state index in [1.165, 1.54) is 25.6 Å². The second-order valence-electron chi connectivity index (χ2n) is 6.56. The van der Waals surface area contributed by atoms with Crippen LogP contribution in [-0.2, 0) is 6.54 Å². The summed E-state index contributed by atoms with van der Waals surface area (Å²) >= 11 is 7.49. The summed E-state index contributed by atoms with van der Waals surface area (Å²) < 4.78 is 13.0. The minimum Gasteiger partial charge on any atom is -0.495 e. The van der Waals surface area contributed by atoms with Crippen LogP contribution >= 0.6 is 22.9 Å². The number of halogens is 1. The first kappa shape index (κ1) is 20.3. The van der Waals surface area contributed by atoms with Crippen molar-refractivity contribution in [2.75, 3.05) is 19.5 Å². The second-order valence-corrected chi connectivity index (χ2v) is 8.02. The highest BCUT2D eigenvalue weighted by molar-refractivity contribution is 7.21. The molecule has 0 unspecified atom stereocenters. The number of carbonyl (C=O) groups excluding carboxylic acids is 1. The number of hydrogen-bond acceptors (Lipinski definition) is 5. The van der Waals surface area contributed by atoms with E-state index in [1.807, 2.05) is 31.2 Å². The summed E-state index contributed by atoms with van der Waals surface area (Å²) in [4.78, 5) is 26.4. The highest BCUT2D eigenvalue weighted by Gasteiger charge is 2.19. The maximum absolute atomic E-state index is 13.0. The van der Waals surface area contributed by atoms with Gasteiger partial charge in [0.05, 0.1) is 40.7 Å². The standard InChI is InChI=1S/C22H19ClN2O4S/c1-4-25-16-8-6-5-7-12(16)20-13(22(25)27)9-19(30-20)21(26)24-15-10-14(23)17(28-2)11-18(15)29-3/h5-11H,4H2,1-3H3,(H,24,26). The zero-order valence-corrected chi connectivity index (χ0v) is 18.2. The third kappa shape index (κ3) is 3.30. The Balaban J connectivity index is 1.80. The smallest absolute Gasteiger partial charge is 0.265 e. The van der Waals surface area contributed by atoms with E-state index in [0.29, 0.717) is 39.0 Å². The van der Waals surface area contributed by atoms with E-state index < -0.39 is 0 Å². The zero-order valence-electron chi connectivity index (χ0n) is 16.6. The van der Waals surface area contributed by atoms with Crippen LogP contribution in [0, 0.1) is 0 Å². The largest absolute Gasteiger partial charge is 0.495 e. The predicted molar refractivity (Wildman–Crippen MR) is 122 cm³/mol. The number of methoxy groups -OCH3 is 2. The maximum atomic E-state index is 13.0. The van der Waals surface area contributed by atoms with Crippen LogP contribution in [0.2, 0.25) is 5.02 Å². The zero-order chi connectivity index (χ0) is 21.4.